The number of aromatic nitrogens is 4. The van der Waals surface area contributed by atoms with E-state index < -0.39 is 0 Å². The van der Waals surface area contributed by atoms with Crippen LogP contribution in [0.1, 0.15) is 0 Å². The summed E-state index contributed by atoms with van der Waals surface area (Å²) in [4.78, 5) is 10.8. The summed E-state index contributed by atoms with van der Waals surface area (Å²) >= 11 is 0. The maximum atomic E-state index is 5.55. The van der Waals surface area contributed by atoms with Gasteiger partial charge in [0.25, 0.3) is 0 Å². The van der Waals surface area contributed by atoms with Crippen LogP contribution in [-0.4, -0.2) is 19.1 Å². The minimum Gasteiger partial charge on any atom is -0.309 e. The van der Waals surface area contributed by atoms with Crippen LogP contribution in [0.4, 0.5) is 0 Å². The molecular formula is C52H32N4. The molecule has 0 saturated heterocycles. The van der Waals surface area contributed by atoms with Crippen LogP contribution in [0.25, 0.3) is 111 Å². The Morgan fingerprint density at radius 1 is 0.321 bits per heavy atom. The van der Waals surface area contributed by atoms with Gasteiger partial charge in [-0.3, -0.25) is 4.57 Å². The van der Waals surface area contributed by atoms with E-state index in [9.17, 15) is 0 Å². The normalized spacial score (nSPS) is 11.9. The van der Waals surface area contributed by atoms with E-state index in [1.807, 2.05) is 6.20 Å². The van der Waals surface area contributed by atoms with E-state index in [2.05, 4.69) is 197 Å². The fourth-order valence-corrected chi connectivity index (χ4v) is 9.16. The molecule has 0 atom stereocenters. The second kappa shape index (κ2) is 12.0. The van der Waals surface area contributed by atoms with E-state index in [4.69, 9.17) is 9.97 Å². The molecule has 0 radical (unpaired) electrons. The summed E-state index contributed by atoms with van der Waals surface area (Å²) in [6.07, 6.45) is 2.03. The number of nitrogens with zero attached hydrogens (tertiary/aromatic N) is 4. The molecule has 1 aliphatic carbocycles. The SMILES string of the molecule is c1ccc(-c2ccc(-n3c4ccccc4c4c5c6ccccc6n(-c6ncc7c(n6)-c6ccccc6-c6ccccc6-c6ccccc6-7)c5ccc43)cc2)cc1. The average molecular weight is 713 g/mol. The number of fused-ring (bicyclic) bond motifs is 15. The van der Waals surface area contributed by atoms with Crippen LogP contribution in [0.2, 0.25) is 0 Å². The lowest BCUT2D eigenvalue weighted by molar-refractivity contribution is 0.994. The monoisotopic (exact) mass is 712 g/mol. The van der Waals surface area contributed by atoms with Crippen molar-refractivity contribution < 1.29 is 0 Å². The fourth-order valence-electron chi connectivity index (χ4n) is 9.16. The third-order valence-electron chi connectivity index (χ3n) is 11.6. The van der Waals surface area contributed by atoms with Crippen LogP contribution in [0, 0.1) is 0 Å². The molecule has 3 heterocycles. The molecule has 0 bridgehead atoms. The highest BCUT2D eigenvalue weighted by Gasteiger charge is 2.26. The van der Waals surface area contributed by atoms with Gasteiger partial charge >= 0.3 is 0 Å². The summed E-state index contributed by atoms with van der Waals surface area (Å²) < 4.78 is 4.66. The molecule has 0 saturated carbocycles. The first-order valence-corrected chi connectivity index (χ1v) is 19.1. The van der Waals surface area contributed by atoms with Gasteiger partial charge in [0.05, 0.1) is 27.8 Å². The van der Waals surface area contributed by atoms with Gasteiger partial charge < -0.3 is 4.57 Å². The van der Waals surface area contributed by atoms with Gasteiger partial charge in [0.1, 0.15) is 0 Å². The van der Waals surface area contributed by atoms with Crippen molar-refractivity contribution in [3.05, 3.63) is 194 Å². The summed E-state index contributed by atoms with van der Waals surface area (Å²) in [5, 5.41) is 4.81. The van der Waals surface area contributed by atoms with Crippen LogP contribution < -0.4 is 0 Å². The lowest BCUT2D eigenvalue weighted by Gasteiger charge is -2.22. The van der Waals surface area contributed by atoms with Crippen LogP contribution in [0.5, 0.6) is 0 Å². The van der Waals surface area contributed by atoms with Gasteiger partial charge in [0.2, 0.25) is 5.95 Å². The van der Waals surface area contributed by atoms with Crippen LogP contribution in [0.3, 0.4) is 0 Å². The molecule has 4 heteroatoms. The number of rotatable bonds is 3. The molecule has 0 fully saturated rings. The highest BCUT2D eigenvalue weighted by atomic mass is 15.2. The van der Waals surface area contributed by atoms with Crippen molar-refractivity contribution in [1.29, 1.82) is 0 Å². The van der Waals surface area contributed by atoms with Crippen molar-refractivity contribution in [3.8, 4) is 67.4 Å². The number of hydrogen-bond acceptors (Lipinski definition) is 2. The first-order chi connectivity index (χ1) is 27.8. The minimum absolute atomic E-state index is 0.649. The minimum atomic E-state index is 0.649. The Morgan fingerprint density at radius 3 is 1.38 bits per heavy atom. The van der Waals surface area contributed by atoms with Gasteiger partial charge in [0.15, 0.2) is 0 Å². The van der Waals surface area contributed by atoms with Crippen molar-refractivity contribution in [2.75, 3.05) is 0 Å². The Kier molecular flexibility index (Phi) is 6.60. The molecule has 0 spiro atoms. The molecule has 3 aromatic heterocycles. The molecule has 11 aromatic rings. The summed E-state index contributed by atoms with van der Waals surface area (Å²) in [6, 6.07) is 67.5. The van der Waals surface area contributed by atoms with Gasteiger partial charge in [-0.2, -0.15) is 0 Å². The zero-order chi connectivity index (χ0) is 36.7. The third kappa shape index (κ3) is 4.41. The second-order valence-electron chi connectivity index (χ2n) is 14.5. The zero-order valence-electron chi connectivity index (χ0n) is 30.3. The van der Waals surface area contributed by atoms with Gasteiger partial charge in [0, 0.05) is 44.6 Å². The zero-order valence-corrected chi connectivity index (χ0v) is 30.3. The maximum absolute atomic E-state index is 5.55. The van der Waals surface area contributed by atoms with Gasteiger partial charge in [-0.25, -0.2) is 9.97 Å². The molecular weight excluding hydrogens is 681 g/mol. The lowest BCUT2D eigenvalue weighted by Crippen LogP contribution is -2.05. The van der Waals surface area contributed by atoms with Crippen LogP contribution in [-0.2, 0) is 0 Å². The molecule has 0 aliphatic heterocycles. The smallest absolute Gasteiger partial charge is 0.235 e. The van der Waals surface area contributed by atoms with Crippen molar-refractivity contribution in [3.63, 3.8) is 0 Å². The summed E-state index contributed by atoms with van der Waals surface area (Å²) in [6.45, 7) is 0. The average Bonchev–Trinajstić information content (AvgIpc) is 3.79. The Morgan fingerprint density at radius 2 is 0.768 bits per heavy atom. The molecule has 1 aliphatic rings. The first kappa shape index (κ1) is 30.9. The Hall–Kier alpha value is -7.56. The molecule has 56 heavy (non-hydrogen) atoms. The number of para-hydroxylation sites is 2. The third-order valence-corrected chi connectivity index (χ3v) is 11.6. The van der Waals surface area contributed by atoms with E-state index in [-0.39, 0.29) is 0 Å². The summed E-state index contributed by atoms with van der Waals surface area (Å²) in [7, 11) is 0. The van der Waals surface area contributed by atoms with Crippen LogP contribution >= 0.6 is 0 Å². The molecule has 12 rings (SSSR count). The summed E-state index contributed by atoms with van der Waals surface area (Å²) in [5.41, 5.74) is 17.0. The largest absolute Gasteiger partial charge is 0.309 e. The van der Waals surface area contributed by atoms with Crippen molar-refractivity contribution in [2.24, 2.45) is 0 Å². The quantitative estimate of drug-likeness (QED) is 0.183. The first-order valence-electron chi connectivity index (χ1n) is 19.1. The van der Waals surface area contributed by atoms with E-state index in [0.717, 1.165) is 50.2 Å². The predicted molar refractivity (Wildman–Crippen MR) is 231 cm³/mol. The van der Waals surface area contributed by atoms with Crippen molar-refractivity contribution >= 4 is 43.6 Å². The molecule has 0 N–H and O–H groups in total. The second-order valence-corrected chi connectivity index (χ2v) is 14.5. The fraction of sp³-hybridized carbons (Fsp3) is 0. The standard InChI is InChI=1S/C52H32N4/c1-2-14-33(15-3-1)34-26-28-35(29-27-34)55-45-24-12-10-22-42(45)49-47(55)30-31-48-50(49)43-23-11-13-25-46(43)56(48)52-53-32-44-40-20-7-6-18-38(40)36-16-4-5-17-37(36)39-19-8-9-21-41(39)51(44)54-52/h1-32H. The lowest BCUT2D eigenvalue weighted by atomic mass is 9.83. The number of benzene rings is 8. The van der Waals surface area contributed by atoms with Gasteiger partial charge in [-0.15, -0.1) is 0 Å². The highest BCUT2D eigenvalue weighted by Crippen LogP contribution is 2.48. The highest BCUT2D eigenvalue weighted by molar-refractivity contribution is 6.28. The van der Waals surface area contributed by atoms with Crippen molar-refractivity contribution in [1.82, 2.24) is 19.1 Å². The Labute approximate surface area is 323 Å². The Balaban J connectivity index is 1.12. The molecule has 260 valence electrons. The predicted octanol–water partition coefficient (Wildman–Crippen LogP) is 13.3. The molecule has 0 amide bonds. The summed E-state index contributed by atoms with van der Waals surface area (Å²) in [5.74, 6) is 0.649. The molecule has 8 aromatic carbocycles. The molecule has 4 nitrogen and oxygen atoms in total. The van der Waals surface area contributed by atoms with E-state index in [1.165, 1.54) is 54.9 Å². The van der Waals surface area contributed by atoms with Gasteiger partial charge in [-0.1, -0.05) is 152 Å². The molecule has 0 unspecified atom stereocenters. The van der Waals surface area contributed by atoms with E-state index >= 15 is 0 Å². The topological polar surface area (TPSA) is 35.6 Å². The van der Waals surface area contributed by atoms with Crippen LogP contribution in [0.15, 0.2) is 194 Å². The van der Waals surface area contributed by atoms with Gasteiger partial charge in [-0.05, 0) is 75.3 Å². The van der Waals surface area contributed by atoms with E-state index in [1.54, 1.807) is 0 Å². The number of hydrogen-bond donors (Lipinski definition) is 0. The Bertz CT molecular complexity index is 3350. The van der Waals surface area contributed by atoms with E-state index in [0.29, 0.717) is 5.95 Å². The maximum Gasteiger partial charge on any atom is 0.235 e. The van der Waals surface area contributed by atoms with Crippen molar-refractivity contribution in [2.45, 2.75) is 0 Å².